The van der Waals surface area contributed by atoms with Gasteiger partial charge in [-0.05, 0) is 26.0 Å². The summed E-state index contributed by atoms with van der Waals surface area (Å²) in [5.41, 5.74) is 2.04. The van der Waals surface area contributed by atoms with Gasteiger partial charge < -0.3 is 23.2 Å². The van der Waals surface area contributed by atoms with E-state index in [1.807, 2.05) is 36.4 Å². The highest BCUT2D eigenvalue weighted by Gasteiger charge is 2.35. The van der Waals surface area contributed by atoms with Crippen LogP contribution in [0.4, 0.5) is 0 Å². The van der Waals surface area contributed by atoms with Gasteiger partial charge in [-0.1, -0.05) is 47.6 Å². The summed E-state index contributed by atoms with van der Waals surface area (Å²) in [6.07, 6.45) is -1.42. The second-order valence-electron chi connectivity index (χ2n) is 7.25. The third-order valence-corrected chi connectivity index (χ3v) is 5.00. The van der Waals surface area contributed by atoms with Gasteiger partial charge in [-0.2, -0.15) is 0 Å². The lowest BCUT2D eigenvalue weighted by molar-refractivity contribution is -0.159. The number of carbonyl (C=O) groups is 1. The Morgan fingerprint density at radius 3 is 2.50 bits per heavy atom. The number of aryl methyl sites for hydroxylation is 1. The first-order valence-corrected chi connectivity index (χ1v) is 10.0. The molecule has 5 rings (SSSR count). The van der Waals surface area contributed by atoms with E-state index in [4.69, 9.17) is 23.2 Å². The molecule has 9 nitrogen and oxygen atoms in total. The summed E-state index contributed by atoms with van der Waals surface area (Å²) >= 11 is 0. The zero-order valence-electron chi connectivity index (χ0n) is 17.3. The van der Waals surface area contributed by atoms with Crippen LogP contribution >= 0.6 is 0 Å². The zero-order valence-corrected chi connectivity index (χ0v) is 17.3. The summed E-state index contributed by atoms with van der Waals surface area (Å²) < 4.78 is 27.9. The minimum atomic E-state index is -0.905. The molecule has 0 spiro atoms. The highest BCUT2D eigenvalue weighted by atomic mass is 16.6. The molecule has 1 aliphatic heterocycles. The van der Waals surface area contributed by atoms with Gasteiger partial charge in [0.2, 0.25) is 6.10 Å². The van der Waals surface area contributed by atoms with Crippen molar-refractivity contribution >= 4 is 5.97 Å². The highest BCUT2D eigenvalue weighted by molar-refractivity contribution is 5.78. The van der Waals surface area contributed by atoms with Crippen LogP contribution in [-0.2, 0) is 16.1 Å². The van der Waals surface area contributed by atoms with E-state index in [-0.39, 0.29) is 18.4 Å². The molecule has 0 saturated carbocycles. The van der Waals surface area contributed by atoms with E-state index in [1.54, 1.807) is 32.0 Å². The third kappa shape index (κ3) is 3.68. The Labute approximate surface area is 182 Å². The van der Waals surface area contributed by atoms with Crippen LogP contribution in [0.3, 0.4) is 0 Å². The Morgan fingerprint density at radius 1 is 1.00 bits per heavy atom. The van der Waals surface area contributed by atoms with Crippen molar-refractivity contribution in [3.05, 3.63) is 66.2 Å². The van der Waals surface area contributed by atoms with Crippen molar-refractivity contribution in [2.24, 2.45) is 0 Å². The minimum absolute atomic E-state index is 0.137. The van der Waals surface area contributed by atoms with Gasteiger partial charge in [-0.15, -0.1) is 10.2 Å². The smallest absolute Gasteiger partial charge is 0.351 e. The van der Waals surface area contributed by atoms with E-state index in [0.717, 1.165) is 5.56 Å². The van der Waals surface area contributed by atoms with Gasteiger partial charge >= 0.3 is 5.97 Å². The third-order valence-electron chi connectivity index (χ3n) is 5.00. The normalized spacial score (nSPS) is 17.2. The lowest BCUT2D eigenvalue weighted by atomic mass is 10.1. The van der Waals surface area contributed by atoms with Crippen LogP contribution < -0.4 is 9.47 Å². The number of esters is 1. The number of nitrogens with zero attached hydrogens (tertiary/aromatic N) is 3. The average molecular weight is 433 g/mol. The van der Waals surface area contributed by atoms with E-state index in [2.05, 4.69) is 15.4 Å². The summed E-state index contributed by atoms with van der Waals surface area (Å²) in [5, 5.41) is 12.2. The Hall–Kier alpha value is -4.14. The molecule has 2 aromatic heterocycles. The molecular formula is C23H19N3O6. The molecule has 0 fully saturated rings. The van der Waals surface area contributed by atoms with E-state index in [9.17, 15) is 4.79 Å². The largest absolute Gasteiger partial charge is 0.482 e. The van der Waals surface area contributed by atoms with Gasteiger partial charge in [0.1, 0.15) is 23.1 Å². The summed E-state index contributed by atoms with van der Waals surface area (Å²) in [4.78, 5) is 12.6. The number of aromatic nitrogens is 3. The molecule has 9 heteroatoms. The van der Waals surface area contributed by atoms with Gasteiger partial charge in [0.15, 0.2) is 18.1 Å². The SMILES string of the molecule is Cc1onc(-c2ccccc2)c1-c1nnc(COC(=O)C2Oc3ccccc3OC2C)o1. The monoisotopic (exact) mass is 433 g/mol. The fraction of sp³-hybridized carbons (Fsp3) is 0.217. The molecule has 0 amide bonds. The first-order chi connectivity index (χ1) is 15.6. The zero-order chi connectivity index (χ0) is 22.1. The summed E-state index contributed by atoms with van der Waals surface area (Å²) in [6.45, 7) is 3.30. The van der Waals surface area contributed by atoms with Crippen molar-refractivity contribution in [1.82, 2.24) is 15.4 Å². The molecule has 3 heterocycles. The lowest BCUT2D eigenvalue weighted by Gasteiger charge is -2.30. The average Bonchev–Trinajstić information content (AvgIpc) is 3.43. The van der Waals surface area contributed by atoms with E-state index >= 15 is 0 Å². The second-order valence-corrected chi connectivity index (χ2v) is 7.25. The predicted octanol–water partition coefficient (Wildman–Crippen LogP) is 3.97. The molecule has 162 valence electrons. The fourth-order valence-electron chi connectivity index (χ4n) is 3.42. The molecule has 4 aromatic rings. The van der Waals surface area contributed by atoms with E-state index < -0.39 is 18.2 Å². The maximum atomic E-state index is 12.6. The number of ether oxygens (including phenoxy) is 3. The second kappa shape index (κ2) is 8.18. The molecule has 0 aliphatic carbocycles. The molecule has 0 N–H and O–H groups in total. The molecular weight excluding hydrogens is 414 g/mol. The van der Waals surface area contributed by atoms with Crippen molar-refractivity contribution in [1.29, 1.82) is 0 Å². The number of hydrogen-bond acceptors (Lipinski definition) is 9. The summed E-state index contributed by atoms with van der Waals surface area (Å²) in [6, 6.07) is 16.7. The lowest BCUT2D eigenvalue weighted by Crippen LogP contribution is -2.44. The quantitative estimate of drug-likeness (QED) is 0.432. The van der Waals surface area contributed by atoms with Crippen LogP contribution in [0, 0.1) is 6.92 Å². The molecule has 32 heavy (non-hydrogen) atoms. The van der Waals surface area contributed by atoms with Crippen LogP contribution in [0.2, 0.25) is 0 Å². The van der Waals surface area contributed by atoms with Crippen molar-refractivity contribution in [2.75, 3.05) is 0 Å². The maximum Gasteiger partial charge on any atom is 0.351 e. The highest BCUT2D eigenvalue weighted by Crippen LogP contribution is 2.35. The Morgan fingerprint density at radius 2 is 1.72 bits per heavy atom. The van der Waals surface area contributed by atoms with Crippen molar-refractivity contribution in [3.8, 4) is 34.2 Å². The minimum Gasteiger partial charge on any atom is -0.482 e. The first-order valence-electron chi connectivity index (χ1n) is 10.0. The Balaban J connectivity index is 1.29. The van der Waals surface area contributed by atoms with Crippen LogP contribution in [0.15, 0.2) is 63.5 Å². The maximum absolute atomic E-state index is 12.6. The molecule has 2 unspecified atom stereocenters. The van der Waals surface area contributed by atoms with Crippen LogP contribution in [0.1, 0.15) is 18.6 Å². The van der Waals surface area contributed by atoms with Gasteiger partial charge in [-0.3, -0.25) is 0 Å². The standard InChI is InChI=1S/C23H19N3O6/c1-13-19(20(26-32-13)15-8-4-3-5-9-15)22-25-24-18(31-22)12-28-23(27)21-14(2)29-16-10-6-7-11-17(16)30-21/h3-11,14,21H,12H2,1-2H3. The number of hydrogen-bond donors (Lipinski definition) is 0. The van der Waals surface area contributed by atoms with Crippen molar-refractivity contribution in [3.63, 3.8) is 0 Å². The first kappa shape index (κ1) is 19.8. The van der Waals surface area contributed by atoms with Gasteiger partial charge in [0.25, 0.3) is 11.8 Å². The molecule has 2 atom stereocenters. The predicted molar refractivity (Wildman–Crippen MR) is 111 cm³/mol. The van der Waals surface area contributed by atoms with E-state index in [1.165, 1.54) is 0 Å². The number of fused-ring (bicyclic) bond motifs is 1. The van der Waals surface area contributed by atoms with Crippen LogP contribution in [0.25, 0.3) is 22.7 Å². The molecule has 2 aromatic carbocycles. The van der Waals surface area contributed by atoms with Gasteiger partial charge in [-0.25, -0.2) is 4.79 Å². The van der Waals surface area contributed by atoms with Crippen molar-refractivity contribution < 1.29 is 27.9 Å². The van der Waals surface area contributed by atoms with Crippen LogP contribution in [0.5, 0.6) is 11.5 Å². The van der Waals surface area contributed by atoms with E-state index in [0.29, 0.717) is 28.5 Å². The van der Waals surface area contributed by atoms with Gasteiger partial charge in [0.05, 0.1) is 0 Å². The van der Waals surface area contributed by atoms with Crippen molar-refractivity contribution in [2.45, 2.75) is 32.7 Å². The molecule has 0 bridgehead atoms. The van der Waals surface area contributed by atoms with Crippen LogP contribution in [-0.4, -0.2) is 33.5 Å². The topological polar surface area (TPSA) is 110 Å². The number of carbonyl (C=O) groups excluding carboxylic acids is 1. The molecule has 0 radical (unpaired) electrons. The summed E-state index contributed by atoms with van der Waals surface area (Å²) in [7, 11) is 0. The summed E-state index contributed by atoms with van der Waals surface area (Å²) in [5.74, 6) is 1.40. The number of rotatable bonds is 5. The fourth-order valence-corrected chi connectivity index (χ4v) is 3.42. The number of benzene rings is 2. The number of para-hydroxylation sites is 2. The Kier molecular flexibility index (Phi) is 5.06. The molecule has 1 aliphatic rings. The Bertz CT molecular complexity index is 1250. The molecule has 0 saturated heterocycles. The van der Waals surface area contributed by atoms with Gasteiger partial charge in [0, 0.05) is 5.56 Å².